The van der Waals surface area contributed by atoms with E-state index < -0.39 is 0 Å². The van der Waals surface area contributed by atoms with Crippen molar-refractivity contribution >= 4 is 34.4 Å². The van der Waals surface area contributed by atoms with E-state index in [2.05, 4.69) is 44.7 Å². The molecule has 4 N–H and O–H groups in total. The van der Waals surface area contributed by atoms with E-state index in [0.29, 0.717) is 0 Å². The third kappa shape index (κ3) is 2.86. The highest BCUT2D eigenvalue weighted by Gasteiger charge is 2.12. The number of nitrogens with zero attached hydrogens (tertiary/aromatic N) is 2. The van der Waals surface area contributed by atoms with Crippen molar-refractivity contribution in [3.63, 3.8) is 0 Å². The molecule has 5 nitrogen and oxygen atoms in total. The van der Waals surface area contributed by atoms with Crippen molar-refractivity contribution in [1.29, 1.82) is 0 Å². The predicted octanol–water partition coefficient (Wildman–Crippen LogP) is 2.73. The van der Waals surface area contributed by atoms with Crippen molar-refractivity contribution in [1.82, 2.24) is 15.5 Å². The molecule has 0 atom stereocenters. The maximum Gasteiger partial charge on any atom is 0.0927 e. The van der Waals surface area contributed by atoms with E-state index in [1.807, 2.05) is 30.3 Å². The van der Waals surface area contributed by atoms with Gasteiger partial charge in [-0.25, -0.2) is 0 Å². The van der Waals surface area contributed by atoms with Crippen LogP contribution in [0.15, 0.2) is 42.5 Å². The number of aromatic amines is 1. The Morgan fingerprint density at radius 1 is 1.04 bits per heavy atom. The molecule has 0 spiro atoms. The lowest BCUT2D eigenvalue weighted by Crippen LogP contribution is -2.43. The molecule has 2 aromatic carbocycles. The van der Waals surface area contributed by atoms with Gasteiger partial charge in [-0.05, 0) is 29.8 Å². The molecule has 5 heteroatoms. The average molecular weight is 319 g/mol. The molecular formula is C19H21N5. The summed E-state index contributed by atoms with van der Waals surface area (Å²) in [7, 11) is 0. The van der Waals surface area contributed by atoms with Gasteiger partial charge >= 0.3 is 0 Å². The molecule has 0 radical (unpaired) electrons. The maximum atomic E-state index is 6.27. The van der Waals surface area contributed by atoms with E-state index in [1.54, 1.807) is 0 Å². The van der Waals surface area contributed by atoms with Crippen LogP contribution in [0.3, 0.4) is 0 Å². The molecule has 1 fully saturated rings. The zero-order chi connectivity index (χ0) is 16.4. The van der Waals surface area contributed by atoms with Gasteiger partial charge in [0.25, 0.3) is 0 Å². The van der Waals surface area contributed by atoms with Gasteiger partial charge in [-0.2, -0.15) is 5.10 Å². The second-order valence-corrected chi connectivity index (χ2v) is 6.04. The van der Waals surface area contributed by atoms with Gasteiger partial charge in [-0.15, -0.1) is 0 Å². The largest absolute Gasteiger partial charge is 0.397 e. The number of nitrogens with one attached hydrogen (secondary N) is 2. The number of H-pyrrole nitrogens is 1. The van der Waals surface area contributed by atoms with Crippen molar-refractivity contribution in [2.24, 2.45) is 0 Å². The third-order valence-electron chi connectivity index (χ3n) is 4.44. The van der Waals surface area contributed by atoms with Gasteiger partial charge in [0.1, 0.15) is 0 Å². The summed E-state index contributed by atoms with van der Waals surface area (Å²) in [6, 6.07) is 14.4. The van der Waals surface area contributed by atoms with Crippen LogP contribution < -0.4 is 16.0 Å². The van der Waals surface area contributed by atoms with Gasteiger partial charge in [-0.1, -0.05) is 30.3 Å². The van der Waals surface area contributed by atoms with Crippen LogP contribution in [-0.2, 0) is 0 Å². The molecule has 1 aromatic heterocycles. The third-order valence-corrected chi connectivity index (χ3v) is 4.44. The Hall–Kier alpha value is -2.79. The van der Waals surface area contributed by atoms with Crippen LogP contribution in [0.5, 0.6) is 0 Å². The number of hydrogen-bond acceptors (Lipinski definition) is 4. The number of piperazine rings is 1. The van der Waals surface area contributed by atoms with Crippen molar-refractivity contribution in [2.75, 3.05) is 36.8 Å². The Kier molecular flexibility index (Phi) is 3.92. The van der Waals surface area contributed by atoms with Crippen LogP contribution >= 0.6 is 0 Å². The normalized spacial score (nSPS) is 15.4. The number of fused-ring (bicyclic) bond motifs is 1. The lowest BCUT2D eigenvalue weighted by molar-refractivity contribution is 0.590. The summed E-state index contributed by atoms with van der Waals surface area (Å²) in [6.07, 6.45) is 4.08. The summed E-state index contributed by atoms with van der Waals surface area (Å²) >= 11 is 0. The van der Waals surface area contributed by atoms with E-state index in [-0.39, 0.29) is 0 Å². The van der Waals surface area contributed by atoms with Crippen molar-refractivity contribution < 1.29 is 0 Å². The Labute approximate surface area is 141 Å². The molecule has 1 aliphatic heterocycles. The van der Waals surface area contributed by atoms with Crippen molar-refractivity contribution in [2.45, 2.75) is 0 Å². The zero-order valence-corrected chi connectivity index (χ0v) is 13.5. The molecule has 1 aliphatic rings. The number of hydrogen-bond donors (Lipinski definition) is 3. The summed E-state index contributed by atoms with van der Waals surface area (Å²) in [5.74, 6) is 0. The fourth-order valence-corrected chi connectivity index (χ4v) is 3.16. The first kappa shape index (κ1) is 14.8. The molecule has 0 bridgehead atoms. The van der Waals surface area contributed by atoms with E-state index in [4.69, 9.17) is 5.73 Å². The topological polar surface area (TPSA) is 70.0 Å². The smallest absolute Gasteiger partial charge is 0.0927 e. The highest BCUT2D eigenvalue weighted by Crippen LogP contribution is 2.26. The Morgan fingerprint density at radius 2 is 1.88 bits per heavy atom. The van der Waals surface area contributed by atoms with Crippen molar-refractivity contribution in [3.8, 4) is 0 Å². The first-order valence-electron chi connectivity index (χ1n) is 8.28. The van der Waals surface area contributed by atoms with Crippen molar-refractivity contribution in [3.05, 3.63) is 53.7 Å². The summed E-state index contributed by atoms with van der Waals surface area (Å²) in [5, 5.41) is 11.9. The van der Waals surface area contributed by atoms with E-state index in [1.165, 1.54) is 0 Å². The highest BCUT2D eigenvalue weighted by atomic mass is 15.2. The Morgan fingerprint density at radius 3 is 2.71 bits per heavy atom. The van der Waals surface area contributed by atoms with Crippen LogP contribution in [0, 0.1) is 0 Å². The summed E-state index contributed by atoms with van der Waals surface area (Å²) in [5.41, 5.74) is 11.3. The van der Waals surface area contributed by atoms with Gasteiger partial charge in [0, 0.05) is 31.6 Å². The highest BCUT2D eigenvalue weighted by molar-refractivity contribution is 5.89. The molecule has 4 rings (SSSR count). The van der Waals surface area contributed by atoms with Gasteiger partial charge in [0.2, 0.25) is 0 Å². The molecule has 0 unspecified atom stereocenters. The number of rotatable bonds is 3. The van der Waals surface area contributed by atoms with E-state index in [9.17, 15) is 0 Å². The van der Waals surface area contributed by atoms with Crippen LogP contribution in [0.4, 0.5) is 11.4 Å². The van der Waals surface area contributed by atoms with Gasteiger partial charge in [0.05, 0.1) is 22.6 Å². The van der Waals surface area contributed by atoms with E-state index >= 15 is 0 Å². The minimum absolute atomic E-state index is 0.825. The monoisotopic (exact) mass is 319 g/mol. The predicted molar refractivity (Wildman–Crippen MR) is 101 cm³/mol. The second-order valence-electron chi connectivity index (χ2n) is 6.04. The first-order valence-corrected chi connectivity index (χ1v) is 8.28. The van der Waals surface area contributed by atoms with Gasteiger partial charge < -0.3 is 16.0 Å². The minimum atomic E-state index is 0.825. The standard InChI is InChI=1S/C19H21N5/c20-16-13-14(6-8-19(16)24-11-9-21-10-12-24)5-7-18-15-3-1-2-4-17(15)22-23-18/h1-8,13,21H,9-12,20H2,(H,22,23). The minimum Gasteiger partial charge on any atom is -0.397 e. The molecular weight excluding hydrogens is 298 g/mol. The van der Waals surface area contributed by atoms with Gasteiger partial charge in [-0.3, -0.25) is 5.10 Å². The Bertz CT molecular complexity index is 874. The number of nitrogens with two attached hydrogens (primary N) is 1. The summed E-state index contributed by atoms with van der Waals surface area (Å²) in [6.45, 7) is 4.01. The zero-order valence-electron chi connectivity index (χ0n) is 13.5. The molecule has 3 aromatic rings. The van der Waals surface area contributed by atoms with Gasteiger partial charge in [0.15, 0.2) is 0 Å². The van der Waals surface area contributed by atoms with Crippen LogP contribution in [0.25, 0.3) is 23.1 Å². The average Bonchev–Trinajstić information content (AvgIpc) is 3.04. The molecule has 0 saturated carbocycles. The summed E-state index contributed by atoms with van der Waals surface area (Å²) < 4.78 is 0. The quantitative estimate of drug-likeness (QED) is 0.649. The maximum absolute atomic E-state index is 6.27. The number of anilines is 2. The number of aromatic nitrogens is 2. The number of nitrogen functional groups attached to an aromatic ring is 1. The van der Waals surface area contributed by atoms with Crippen LogP contribution in [0.1, 0.15) is 11.3 Å². The number of benzene rings is 2. The first-order chi connectivity index (χ1) is 11.8. The Balaban J connectivity index is 1.57. The molecule has 0 amide bonds. The number of para-hydroxylation sites is 1. The fourth-order valence-electron chi connectivity index (χ4n) is 3.16. The molecule has 2 heterocycles. The van der Waals surface area contributed by atoms with Crippen LogP contribution in [0.2, 0.25) is 0 Å². The SMILES string of the molecule is Nc1cc(C=Cc2n[nH]c3ccccc23)ccc1N1CCNCC1. The second kappa shape index (κ2) is 6.37. The molecule has 24 heavy (non-hydrogen) atoms. The lowest BCUT2D eigenvalue weighted by Gasteiger charge is -2.30. The van der Waals surface area contributed by atoms with E-state index in [0.717, 1.165) is 59.7 Å². The fraction of sp³-hybridized carbons (Fsp3) is 0.211. The lowest BCUT2D eigenvalue weighted by atomic mass is 10.1. The molecule has 0 aliphatic carbocycles. The molecule has 1 saturated heterocycles. The van der Waals surface area contributed by atoms with Crippen LogP contribution in [-0.4, -0.2) is 36.4 Å². The molecule has 122 valence electrons. The summed E-state index contributed by atoms with van der Waals surface area (Å²) in [4.78, 5) is 2.33.